The summed E-state index contributed by atoms with van der Waals surface area (Å²) in [5, 5.41) is 10.6. The van der Waals surface area contributed by atoms with E-state index in [9.17, 15) is 23.1 Å². The highest BCUT2D eigenvalue weighted by Gasteiger charge is 2.40. The van der Waals surface area contributed by atoms with Crippen molar-refractivity contribution in [3.8, 4) is 22.6 Å². The SMILES string of the molecule is COc1ccccc1-c1c(C(F)(F)F)oc2c(CN3CCN(c4ccccn4)CC3)c(O)ccc2c1=O. The van der Waals surface area contributed by atoms with Gasteiger partial charge in [-0.3, -0.25) is 9.69 Å². The summed E-state index contributed by atoms with van der Waals surface area (Å²) in [7, 11) is 1.32. The largest absolute Gasteiger partial charge is 0.507 e. The lowest BCUT2D eigenvalue weighted by Crippen LogP contribution is -2.46. The summed E-state index contributed by atoms with van der Waals surface area (Å²) >= 11 is 0. The van der Waals surface area contributed by atoms with Crippen LogP contribution in [0.15, 0.2) is 70.0 Å². The van der Waals surface area contributed by atoms with Crippen molar-refractivity contribution >= 4 is 16.8 Å². The molecule has 0 saturated carbocycles. The number of halogens is 3. The van der Waals surface area contributed by atoms with Crippen molar-refractivity contribution in [3.63, 3.8) is 0 Å². The van der Waals surface area contributed by atoms with Crippen molar-refractivity contribution in [3.05, 3.63) is 82.3 Å². The summed E-state index contributed by atoms with van der Waals surface area (Å²) in [6.45, 7) is 2.59. The zero-order valence-corrected chi connectivity index (χ0v) is 20.0. The normalized spacial score (nSPS) is 14.8. The van der Waals surface area contributed by atoms with Crippen LogP contribution in [0.4, 0.5) is 19.0 Å². The van der Waals surface area contributed by atoms with Gasteiger partial charge in [-0.2, -0.15) is 13.2 Å². The van der Waals surface area contributed by atoms with E-state index in [4.69, 9.17) is 9.15 Å². The summed E-state index contributed by atoms with van der Waals surface area (Å²) < 4.78 is 53.3. The number of anilines is 1. The summed E-state index contributed by atoms with van der Waals surface area (Å²) in [4.78, 5) is 22.0. The molecule has 0 bridgehead atoms. The van der Waals surface area contributed by atoms with Crippen LogP contribution in [-0.4, -0.2) is 48.3 Å². The first-order chi connectivity index (χ1) is 17.8. The fourth-order valence-corrected chi connectivity index (χ4v) is 4.65. The lowest BCUT2D eigenvalue weighted by atomic mass is 9.99. The van der Waals surface area contributed by atoms with Crippen molar-refractivity contribution < 1.29 is 27.4 Å². The van der Waals surface area contributed by atoms with Crippen molar-refractivity contribution in [1.29, 1.82) is 0 Å². The van der Waals surface area contributed by atoms with Gasteiger partial charge in [-0.1, -0.05) is 24.3 Å². The fraction of sp³-hybridized carbons (Fsp3) is 0.259. The maximum Gasteiger partial charge on any atom is 0.450 e. The van der Waals surface area contributed by atoms with Crippen LogP contribution >= 0.6 is 0 Å². The second kappa shape index (κ2) is 9.78. The predicted molar refractivity (Wildman–Crippen MR) is 133 cm³/mol. The Morgan fingerprint density at radius 1 is 1.03 bits per heavy atom. The van der Waals surface area contributed by atoms with Gasteiger partial charge in [0.1, 0.15) is 22.9 Å². The van der Waals surface area contributed by atoms with E-state index < -0.39 is 22.9 Å². The van der Waals surface area contributed by atoms with Gasteiger partial charge in [0.15, 0.2) is 0 Å². The highest BCUT2D eigenvalue weighted by Crippen LogP contribution is 2.41. The van der Waals surface area contributed by atoms with Crippen LogP contribution in [0.25, 0.3) is 22.1 Å². The number of alkyl halides is 3. The molecule has 7 nitrogen and oxygen atoms in total. The first-order valence-electron chi connectivity index (χ1n) is 11.7. The molecule has 1 aliphatic rings. The minimum atomic E-state index is -4.96. The lowest BCUT2D eigenvalue weighted by molar-refractivity contribution is -0.152. The number of hydrogen-bond donors (Lipinski definition) is 1. The van der Waals surface area contributed by atoms with Gasteiger partial charge in [-0.05, 0) is 30.3 Å². The first-order valence-corrected chi connectivity index (χ1v) is 11.7. The van der Waals surface area contributed by atoms with Gasteiger partial charge in [0.05, 0.1) is 23.6 Å². The number of hydrogen-bond acceptors (Lipinski definition) is 7. The number of pyridine rings is 1. The van der Waals surface area contributed by atoms with Crippen molar-refractivity contribution in [1.82, 2.24) is 9.88 Å². The molecule has 0 amide bonds. The van der Waals surface area contributed by atoms with E-state index in [-0.39, 0.29) is 40.1 Å². The van der Waals surface area contributed by atoms with Crippen LogP contribution in [0.5, 0.6) is 11.5 Å². The van der Waals surface area contributed by atoms with E-state index in [1.807, 2.05) is 23.1 Å². The molecule has 5 rings (SSSR count). The Balaban J connectivity index is 1.56. The van der Waals surface area contributed by atoms with Crippen LogP contribution < -0.4 is 15.1 Å². The van der Waals surface area contributed by atoms with E-state index in [0.29, 0.717) is 26.2 Å². The number of benzene rings is 2. The monoisotopic (exact) mass is 511 g/mol. The second-order valence-corrected chi connectivity index (χ2v) is 8.72. The smallest absolute Gasteiger partial charge is 0.450 e. The Morgan fingerprint density at radius 3 is 2.43 bits per heavy atom. The van der Waals surface area contributed by atoms with Gasteiger partial charge in [0, 0.05) is 44.5 Å². The number of fused-ring (bicyclic) bond motifs is 1. The van der Waals surface area contributed by atoms with Gasteiger partial charge in [0.2, 0.25) is 11.2 Å². The summed E-state index contributed by atoms with van der Waals surface area (Å²) in [6, 6.07) is 14.2. The van der Waals surface area contributed by atoms with Crippen LogP contribution in [0, 0.1) is 0 Å². The molecule has 1 N–H and O–H groups in total. The molecule has 0 unspecified atom stereocenters. The summed E-state index contributed by atoms with van der Waals surface area (Å²) in [5.74, 6) is -0.702. The Kier molecular flexibility index (Phi) is 6.51. The van der Waals surface area contributed by atoms with E-state index in [1.165, 1.54) is 37.4 Å². The topological polar surface area (TPSA) is 79.0 Å². The maximum atomic E-state index is 14.2. The average molecular weight is 512 g/mol. The van der Waals surface area contributed by atoms with Crippen molar-refractivity contribution in [2.24, 2.45) is 0 Å². The zero-order chi connectivity index (χ0) is 26.2. The predicted octanol–water partition coefficient (Wildman–Crippen LogP) is 4.91. The Hall–Kier alpha value is -4.05. The molecule has 0 aliphatic carbocycles. The molecule has 2 aromatic heterocycles. The van der Waals surface area contributed by atoms with E-state index in [1.54, 1.807) is 12.3 Å². The number of rotatable bonds is 5. The number of piperazine rings is 1. The number of aromatic nitrogens is 1. The third kappa shape index (κ3) is 4.72. The lowest BCUT2D eigenvalue weighted by Gasteiger charge is -2.35. The van der Waals surface area contributed by atoms with E-state index in [2.05, 4.69) is 9.88 Å². The molecule has 37 heavy (non-hydrogen) atoms. The number of para-hydroxylation sites is 1. The van der Waals surface area contributed by atoms with Crippen LogP contribution in [0.1, 0.15) is 11.3 Å². The molecule has 1 fully saturated rings. The fourth-order valence-electron chi connectivity index (χ4n) is 4.65. The van der Waals surface area contributed by atoms with Gasteiger partial charge in [0.25, 0.3) is 0 Å². The molecule has 10 heteroatoms. The Morgan fingerprint density at radius 2 is 1.76 bits per heavy atom. The van der Waals surface area contributed by atoms with Gasteiger partial charge in [-0.25, -0.2) is 4.98 Å². The highest BCUT2D eigenvalue weighted by atomic mass is 19.4. The molecular weight excluding hydrogens is 487 g/mol. The Bertz CT molecular complexity index is 1480. The number of methoxy groups -OCH3 is 1. The Labute approximate surface area is 210 Å². The molecule has 2 aromatic carbocycles. The number of phenols is 1. The molecule has 0 spiro atoms. The molecule has 3 heterocycles. The van der Waals surface area contributed by atoms with Crippen LogP contribution in [-0.2, 0) is 12.7 Å². The number of nitrogens with zero attached hydrogens (tertiary/aromatic N) is 3. The van der Waals surface area contributed by atoms with Crippen LogP contribution in [0.2, 0.25) is 0 Å². The average Bonchev–Trinajstić information content (AvgIpc) is 2.90. The molecular formula is C27H24F3N3O4. The highest BCUT2D eigenvalue weighted by molar-refractivity contribution is 5.87. The second-order valence-electron chi connectivity index (χ2n) is 8.72. The first kappa shape index (κ1) is 24.6. The molecule has 1 aliphatic heterocycles. The van der Waals surface area contributed by atoms with Crippen LogP contribution in [0.3, 0.4) is 0 Å². The van der Waals surface area contributed by atoms with Gasteiger partial charge < -0.3 is 19.2 Å². The molecule has 192 valence electrons. The minimum absolute atomic E-state index is 0.0201. The molecule has 4 aromatic rings. The van der Waals surface area contributed by atoms with Gasteiger partial charge >= 0.3 is 6.18 Å². The number of phenolic OH excluding ortho intramolecular Hbond substituents is 1. The van der Waals surface area contributed by atoms with Crippen molar-refractivity contribution in [2.75, 3.05) is 38.2 Å². The standard InChI is InChI=1S/C27H24F3N3O4/c1-36-21-7-3-2-6-17(21)23-24(35)18-9-10-20(34)19(25(18)37-26(23)27(28,29)30)16-32-12-14-33(15-13-32)22-8-4-5-11-31-22/h2-11,34H,12-16H2,1H3. The number of ether oxygens (including phenoxy) is 1. The molecule has 0 radical (unpaired) electrons. The van der Waals surface area contributed by atoms with E-state index >= 15 is 0 Å². The quantitative estimate of drug-likeness (QED) is 0.408. The molecule has 0 atom stereocenters. The summed E-state index contributed by atoms with van der Waals surface area (Å²) in [5.41, 5.74) is -1.63. The van der Waals surface area contributed by atoms with Crippen molar-refractivity contribution in [2.45, 2.75) is 12.7 Å². The number of aromatic hydroxyl groups is 1. The molecule has 1 saturated heterocycles. The van der Waals surface area contributed by atoms with E-state index in [0.717, 1.165) is 5.82 Å². The third-order valence-corrected chi connectivity index (χ3v) is 6.50. The maximum absolute atomic E-state index is 14.2. The van der Waals surface area contributed by atoms with Gasteiger partial charge in [-0.15, -0.1) is 0 Å². The zero-order valence-electron chi connectivity index (χ0n) is 20.0. The third-order valence-electron chi connectivity index (χ3n) is 6.50. The summed E-state index contributed by atoms with van der Waals surface area (Å²) in [6.07, 6.45) is -3.24. The minimum Gasteiger partial charge on any atom is -0.507 e.